The molecule has 2 aromatic heterocycles. The van der Waals surface area contributed by atoms with E-state index in [1.807, 2.05) is 15.8 Å². The molecule has 3 aromatic carbocycles. The quantitative estimate of drug-likeness (QED) is 0.0896. The number of amides is 6. The maximum Gasteiger partial charge on any atom is 0.361 e. The summed E-state index contributed by atoms with van der Waals surface area (Å²) in [5, 5.41) is 9.51. The van der Waals surface area contributed by atoms with Gasteiger partial charge in [0.25, 0.3) is 17.7 Å². The Morgan fingerprint density at radius 1 is 0.871 bits per heavy atom. The van der Waals surface area contributed by atoms with Crippen LogP contribution in [0.3, 0.4) is 0 Å². The van der Waals surface area contributed by atoms with Crippen LogP contribution < -0.4 is 16.4 Å². The Labute approximate surface area is 402 Å². The van der Waals surface area contributed by atoms with Crippen molar-refractivity contribution >= 4 is 52.9 Å². The van der Waals surface area contributed by atoms with E-state index in [4.69, 9.17) is 10.5 Å². The summed E-state index contributed by atoms with van der Waals surface area (Å²) in [7, 11) is 0. The highest BCUT2D eigenvalue weighted by Gasteiger charge is 2.44. The van der Waals surface area contributed by atoms with Gasteiger partial charge in [0.1, 0.15) is 11.9 Å². The normalized spacial score (nSPS) is 18.4. The van der Waals surface area contributed by atoms with Gasteiger partial charge in [-0.3, -0.25) is 43.7 Å². The number of anilines is 2. The number of carbonyl (C=O) groups excluding carboxylic acids is 7. The second-order valence-electron chi connectivity index (χ2n) is 18.3. The molecule has 19 heteroatoms. The molecule has 0 spiro atoms. The largest absolute Gasteiger partial charge is 0.442 e. The minimum atomic E-state index is -1.37. The lowest BCUT2D eigenvalue weighted by molar-refractivity contribution is -0.136. The van der Waals surface area contributed by atoms with Gasteiger partial charge < -0.3 is 25.6 Å². The summed E-state index contributed by atoms with van der Waals surface area (Å²) in [6.07, 6.45) is 10.4. The van der Waals surface area contributed by atoms with Gasteiger partial charge in [-0.25, -0.2) is 19.2 Å². The average Bonchev–Trinajstić information content (AvgIpc) is 3.96. The molecule has 4 aliphatic rings. The molecule has 4 N–H and O–H groups in total. The molecule has 0 saturated carbocycles. The summed E-state index contributed by atoms with van der Waals surface area (Å²) < 4.78 is 21.1. The number of hydrogen-bond acceptors (Lipinski definition) is 13. The van der Waals surface area contributed by atoms with Crippen molar-refractivity contribution in [3.05, 3.63) is 125 Å². The molecule has 1 unspecified atom stereocenters. The standard InChI is InChI=1S/C51H53FN10O8/c52-35-10-12-36(13-11-35)56-48(66)45(33-6-2-1-3-7-33)70-51(69)44-46(53)54-29-40(57-44)34-28-55-61(30-34)37-20-23-59(24-21-37)22-4-5-31-18-25-60(26-19-31)43(64)17-9-32-8-14-38-39(27-32)50(68)62(49(38)67)41-15-16-42(63)58-47(41)65/h1-3,6-8,10-14,27-31,37,41,45H,4-5,9,15-26H2,(H2,53,54)(H,56,66)(H,58,63,65)/t41?,45-/m1/s1. The lowest BCUT2D eigenvalue weighted by Gasteiger charge is -2.34. The van der Waals surface area contributed by atoms with E-state index in [0.29, 0.717) is 47.9 Å². The summed E-state index contributed by atoms with van der Waals surface area (Å²) >= 11 is 0. The zero-order valence-electron chi connectivity index (χ0n) is 38.4. The molecule has 362 valence electrons. The van der Waals surface area contributed by atoms with Gasteiger partial charge in [0, 0.05) is 62.0 Å². The number of aryl methyl sites for hydroxylation is 1. The molecule has 70 heavy (non-hydrogen) atoms. The van der Waals surface area contributed by atoms with Crippen LogP contribution in [0.5, 0.6) is 0 Å². The van der Waals surface area contributed by atoms with Crippen molar-refractivity contribution in [1.29, 1.82) is 0 Å². The fourth-order valence-electron chi connectivity index (χ4n) is 9.73. The van der Waals surface area contributed by atoms with Gasteiger partial charge in [-0.15, -0.1) is 0 Å². The van der Waals surface area contributed by atoms with Crippen LogP contribution in [0.1, 0.15) is 112 Å². The number of nitrogens with one attached hydrogen (secondary N) is 2. The van der Waals surface area contributed by atoms with Crippen LogP contribution in [0.15, 0.2) is 91.4 Å². The second-order valence-corrected chi connectivity index (χ2v) is 18.3. The van der Waals surface area contributed by atoms with Crippen LogP contribution in [-0.4, -0.2) is 115 Å². The SMILES string of the molecule is Nc1ncc(-c2cnn(C3CCN(CCCC4CCN(C(=O)CCc5ccc6c(c5)C(=O)N(C5CCC(=O)NC5=O)C6=O)CC4)CC3)c2)nc1C(=O)O[C@@H](C(=O)Nc1ccc(F)cc1)c1ccccc1. The van der Waals surface area contributed by atoms with Gasteiger partial charge in [0.2, 0.25) is 23.8 Å². The minimum Gasteiger partial charge on any atom is -0.442 e. The third kappa shape index (κ3) is 10.6. The molecule has 9 rings (SSSR count). The Bertz CT molecular complexity index is 2810. The van der Waals surface area contributed by atoms with Crippen molar-refractivity contribution in [3.8, 4) is 11.3 Å². The number of nitrogen functional groups attached to an aromatic ring is 1. The molecule has 0 aliphatic carbocycles. The van der Waals surface area contributed by atoms with Gasteiger partial charge in [-0.1, -0.05) is 36.4 Å². The van der Waals surface area contributed by atoms with Crippen LogP contribution in [-0.2, 0) is 30.3 Å². The van der Waals surface area contributed by atoms with E-state index in [1.54, 1.807) is 54.7 Å². The van der Waals surface area contributed by atoms with Crippen LogP contribution >= 0.6 is 0 Å². The Kier molecular flexibility index (Phi) is 14.2. The number of aromatic nitrogens is 4. The average molecular weight is 953 g/mol. The number of fused-ring (bicyclic) bond motifs is 1. The van der Waals surface area contributed by atoms with Gasteiger partial charge in [0.05, 0.1) is 35.3 Å². The second kappa shape index (κ2) is 20.9. The number of hydrogen-bond donors (Lipinski definition) is 3. The van der Waals surface area contributed by atoms with Crippen LogP contribution in [0.2, 0.25) is 0 Å². The van der Waals surface area contributed by atoms with Crippen molar-refractivity contribution in [2.75, 3.05) is 43.8 Å². The lowest BCUT2D eigenvalue weighted by Crippen LogP contribution is -2.54. The van der Waals surface area contributed by atoms with E-state index < -0.39 is 53.5 Å². The molecule has 18 nitrogen and oxygen atoms in total. The van der Waals surface area contributed by atoms with Crippen LogP contribution in [0, 0.1) is 11.7 Å². The van der Waals surface area contributed by atoms with E-state index in [2.05, 4.69) is 30.6 Å². The van der Waals surface area contributed by atoms with Gasteiger partial charge >= 0.3 is 5.97 Å². The van der Waals surface area contributed by atoms with E-state index in [0.717, 1.165) is 68.6 Å². The first kappa shape index (κ1) is 47.4. The fourth-order valence-corrected chi connectivity index (χ4v) is 9.73. The number of imide groups is 2. The number of nitrogens with two attached hydrogens (primary N) is 1. The number of halogens is 1. The summed E-state index contributed by atoms with van der Waals surface area (Å²) in [5.74, 6) is -3.79. The van der Waals surface area contributed by atoms with Gasteiger partial charge in [0.15, 0.2) is 11.5 Å². The minimum absolute atomic E-state index is 0.0539. The van der Waals surface area contributed by atoms with Gasteiger partial charge in [-0.05, 0) is 106 Å². The maximum atomic E-state index is 13.6. The van der Waals surface area contributed by atoms with E-state index in [-0.39, 0.29) is 53.9 Å². The Morgan fingerprint density at radius 2 is 1.61 bits per heavy atom. The highest BCUT2D eigenvalue weighted by molar-refractivity contribution is 6.23. The predicted molar refractivity (Wildman–Crippen MR) is 252 cm³/mol. The first-order valence-corrected chi connectivity index (χ1v) is 23.7. The molecular weight excluding hydrogens is 900 g/mol. The third-order valence-electron chi connectivity index (χ3n) is 13.7. The predicted octanol–water partition coefficient (Wildman–Crippen LogP) is 5.29. The highest BCUT2D eigenvalue weighted by Crippen LogP contribution is 2.31. The smallest absolute Gasteiger partial charge is 0.361 e. The summed E-state index contributed by atoms with van der Waals surface area (Å²) in [4.78, 5) is 105. The zero-order chi connectivity index (χ0) is 48.9. The van der Waals surface area contributed by atoms with Crippen molar-refractivity contribution in [3.63, 3.8) is 0 Å². The first-order chi connectivity index (χ1) is 33.9. The molecule has 3 fully saturated rings. The summed E-state index contributed by atoms with van der Waals surface area (Å²) in [6, 6.07) is 17.8. The topological polar surface area (TPSA) is 232 Å². The molecule has 4 aliphatic heterocycles. The molecule has 2 atom stereocenters. The third-order valence-corrected chi connectivity index (χ3v) is 13.7. The van der Waals surface area contributed by atoms with Crippen molar-refractivity contribution in [2.45, 2.75) is 82.4 Å². The van der Waals surface area contributed by atoms with E-state index in [1.165, 1.54) is 30.5 Å². The van der Waals surface area contributed by atoms with E-state index >= 15 is 0 Å². The van der Waals surface area contributed by atoms with Crippen molar-refractivity contribution in [2.24, 2.45) is 5.92 Å². The number of carbonyl (C=O) groups is 7. The number of piperidine rings is 3. The molecule has 0 radical (unpaired) electrons. The number of rotatable bonds is 15. The number of ether oxygens (including phenoxy) is 1. The summed E-state index contributed by atoms with van der Waals surface area (Å²) in [6.45, 7) is 4.26. The Balaban J connectivity index is 0.700. The maximum absolute atomic E-state index is 13.6. The van der Waals surface area contributed by atoms with E-state index in [9.17, 15) is 38.0 Å². The molecule has 5 aromatic rings. The monoisotopic (exact) mass is 952 g/mol. The zero-order valence-corrected chi connectivity index (χ0v) is 38.4. The summed E-state index contributed by atoms with van der Waals surface area (Å²) in [5.41, 5.74) is 8.80. The highest BCUT2D eigenvalue weighted by atomic mass is 19.1. The number of nitrogens with zero attached hydrogens (tertiary/aromatic N) is 7. The van der Waals surface area contributed by atoms with Crippen LogP contribution in [0.4, 0.5) is 15.9 Å². The molecule has 6 heterocycles. The number of esters is 1. The van der Waals surface area contributed by atoms with Crippen molar-refractivity contribution < 1.29 is 42.7 Å². The van der Waals surface area contributed by atoms with Gasteiger partial charge in [-0.2, -0.15) is 5.10 Å². The Morgan fingerprint density at radius 3 is 2.36 bits per heavy atom. The molecule has 3 saturated heterocycles. The molecular formula is C51H53FN10O8. The van der Waals surface area contributed by atoms with Crippen LogP contribution in [0.25, 0.3) is 11.3 Å². The number of benzene rings is 3. The first-order valence-electron chi connectivity index (χ1n) is 23.7. The van der Waals surface area contributed by atoms with Crippen molar-refractivity contribution in [1.82, 2.24) is 39.8 Å². The Hall–Kier alpha value is -7.67. The molecule has 6 amide bonds. The number of likely N-dealkylation sites (tertiary alicyclic amines) is 2. The molecule has 0 bridgehead atoms. The lowest BCUT2D eigenvalue weighted by atomic mass is 9.91. The fraction of sp³-hybridized carbons (Fsp3) is 0.373.